The first-order valence-electron chi connectivity index (χ1n) is 11.0. The Morgan fingerprint density at radius 2 is 2.15 bits per heavy atom. The predicted octanol–water partition coefficient (Wildman–Crippen LogP) is 3.11. The molecule has 2 fully saturated rings. The van der Waals surface area contributed by atoms with E-state index >= 15 is 4.39 Å². The molecule has 9 nitrogen and oxygen atoms in total. The van der Waals surface area contributed by atoms with Gasteiger partial charge in [0.15, 0.2) is 11.6 Å². The fraction of sp³-hybridized carbons (Fsp3) is 0.478. The molecule has 2 aromatic rings. The van der Waals surface area contributed by atoms with E-state index in [1.165, 1.54) is 35.0 Å². The Bertz CT molecular complexity index is 1140. The number of hydrogen-bond donors (Lipinski definition) is 1. The van der Waals surface area contributed by atoms with E-state index in [9.17, 15) is 19.2 Å². The van der Waals surface area contributed by atoms with Crippen LogP contribution in [0.15, 0.2) is 24.4 Å². The number of alkyl halides is 1. The topological polar surface area (TPSA) is 109 Å². The molecule has 0 bridgehead atoms. The smallest absolute Gasteiger partial charge is 0.410 e. The lowest BCUT2D eigenvalue weighted by atomic mass is 10.0. The van der Waals surface area contributed by atoms with Gasteiger partial charge in [-0.1, -0.05) is 0 Å². The van der Waals surface area contributed by atoms with Crippen LogP contribution in [0.2, 0.25) is 0 Å². The van der Waals surface area contributed by atoms with E-state index in [1.54, 1.807) is 0 Å². The molecule has 34 heavy (non-hydrogen) atoms. The van der Waals surface area contributed by atoms with Crippen molar-refractivity contribution >= 4 is 12.0 Å². The Labute approximate surface area is 195 Å². The highest BCUT2D eigenvalue weighted by molar-refractivity contribution is 5.94. The molecule has 2 amide bonds. The molecule has 2 heterocycles. The quantitative estimate of drug-likeness (QED) is 0.691. The van der Waals surface area contributed by atoms with E-state index in [4.69, 9.17) is 9.47 Å². The normalized spacial score (nSPS) is 20.9. The fourth-order valence-corrected chi connectivity index (χ4v) is 3.82. The van der Waals surface area contributed by atoms with Crippen molar-refractivity contribution in [1.82, 2.24) is 20.0 Å². The second-order valence-corrected chi connectivity index (χ2v) is 8.72. The number of nitrogens with one attached hydrogen (secondary N) is 1. The molecule has 180 valence electrons. The van der Waals surface area contributed by atoms with Crippen LogP contribution in [0.3, 0.4) is 0 Å². The molecule has 1 aromatic carbocycles. The first-order valence-corrected chi connectivity index (χ1v) is 11.0. The van der Waals surface area contributed by atoms with Crippen LogP contribution in [0.25, 0.3) is 0 Å². The molecule has 4 rings (SSSR count). The van der Waals surface area contributed by atoms with Crippen LogP contribution < -0.4 is 10.1 Å². The minimum Gasteiger partial charge on any atom is -0.486 e. The lowest BCUT2D eigenvalue weighted by Gasteiger charge is -2.34. The first kappa shape index (κ1) is 23.5. The van der Waals surface area contributed by atoms with Gasteiger partial charge in [0.1, 0.15) is 30.1 Å². The third-order valence-electron chi connectivity index (χ3n) is 6.15. The molecule has 1 saturated heterocycles. The van der Waals surface area contributed by atoms with Crippen LogP contribution in [0.1, 0.15) is 53.8 Å². The number of nitrogens with zero attached hydrogens (tertiary/aromatic N) is 4. The maximum Gasteiger partial charge on any atom is 0.410 e. The van der Waals surface area contributed by atoms with Crippen LogP contribution in [0, 0.1) is 17.1 Å². The molecule has 0 unspecified atom stereocenters. The number of aromatic nitrogens is 2. The number of piperidine rings is 1. The molecule has 2 aliphatic rings. The number of ether oxygens (including phenoxy) is 2. The molecule has 0 radical (unpaired) electrons. The van der Waals surface area contributed by atoms with Gasteiger partial charge in [0.05, 0.1) is 18.8 Å². The van der Waals surface area contributed by atoms with Gasteiger partial charge < -0.3 is 19.7 Å². The van der Waals surface area contributed by atoms with Crippen LogP contribution in [-0.2, 0) is 11.3 Å². The molecular weight excluding hydrogens is 448 g/mol. The van der Waals surface area contributed by atoms with Gasteiger partial charge in [-0.15, -0.1) is 0 Å². The van der Waals surface area contributed by atoms with Crippen molar-refractivity contribution in [3.8, 4) is 11.8 Å². The number of hydrogen-bond acceptors (Lipinski definition) is 6. The third kappa shape index (κ3) is 4.81. The number of amides is 2. The van der Waals surface area contributed by atoms with Gasteiger partial charge in [-0.3, -0.25) is 4.79 Å². The molecule has 0 spiro atoms. The maximum atomic E-state index is 15.0. The third-order valence-corrected chi connectivity index (χ3v) is 6.15. The summed E-state index contributed by atoms with van der Waals surface area (Å²) >= 11 is 0. The Morgan fingerprint density at radius 1 is 1.38 bits per heavy atom. The summed E-state index contributed by atoms with van der Waals surface area (Å²) < 4.78 is 41.5. The molecular formula is C23H25F2N5O4. The zero-order chi connectivity index (χ0) is 24.5. The number of carbonyl (C=O) groups excluding carboxylic acids is 2. The van der Waals surface area contributed by atoms with Crippen molar-refractivity contribution in [3.05, 3.63) is 47.0 Å². The Morgan fingerprint density at radius 3 is 2.76 bits per heavy atom. The van der Waals surface area contributed by atoms with Crippen molar-refractivity contribution in [2.45, 2.75) is 50.6 Å². The number of nitriles is 1. The number of carbonyl (C=O) groups is 2. The summed E-state index contributed by atoms with van der Waals surface area (Å²) in [5.41, 5.74) is 0.185. The van der Waals surface area contributed by atoms with E-state index in [0.717, 1.165) is 18.9 Å². The van der Waals surface area contributed by atoms with Crippen molar-refractivity contribution in [2.24, 2.45) is 0 Å². The lowest BCUT2D eigenvalue weighted by Crippen LogP contribution is -2.47. The van der Waals surface area contributed by atoms with E-state index in [0.29, 0.717) is 5.56 Å². The number of halogens is 2. The summed E-state index contributed by atoms with van der Waals surface area (Å²) in [6.45, 7) is 1.80. The molecule has 1 aliphatic heterocycles. The van der Waals surface area contributed by atoms with Gasteiger partial charge in [0.2, 0.25) is 0 Å². The maximum absolute atomic E-state index is 15.0. The Kier molecular flexibility index (Phi) is 6.41. The largest absolute Gasteiger partial charge is 0.486 e. The standard InChI is InChI=1S/C23H25F2N5O4/c1-23(6-7-23)34-22(32)29-8-5-18(17(25)12-29)30-19(10-26)15(11-28-30)13-33-20-4-3-14(9-16(20)24)21(31)27-2/h3-4,9,11,17-18H,5-8,12-13H2,1-2H3,(H,27,31)/t17-,18-/m1/s1. The molecule has 11 heteroatoms. The molecule has 1 N–H and O–H groups in total. The van der Waals surface area contributed by atoms with Gasteiger partial charge in [-0.05, 0) is 44.4 Å². The summed E-state index contributed by atoms with van der Waals surface area (Å²) in [4.78, 5) is 25.2. The lowest BCUT2D eigenvalue weighted by molar-refractivity contribution is 0.0292. The van der Waals surface area contributed by atoms with Gasteiger partial charge in [-0.25, -0.2) is 18.3 Å². The molecule has 1 saturated carbocycles. The van der Waals surface area contributed by atoms with Gasteiger partial charge >= 0.3 is 6.09 Å². The zero-order valence-electron chi connectivity index (χ0n) is 18.9. The van der Waals surface area contributed by atoms with E-state index in [2.05, 4.69) is 10.4 Å². The highest BCUT2D eigenvalue weighted by Gasteiger charge is 2.44. The fourth-order valence-electron chi connectivity index (χ4n) is 3.82. The van der Waals surface area contributed by atoms with E-state index in [-0.39, 0.29) is 43.1 Å². The predicted molar refractivity (Wildman–Crippen MR) is 115 cm³/mol. The number of rotatable bonds is 6. The van der Waals surface area contributed by atoms with Gasteiger partial charge in [0.25, 0.3) is 5.91 Å². The van der Waals surface area contributed by atoms with Crippen molar-refractivity contribution in [2.75, 3.05) is 20.1 Å². The van der Waals surface area contributed by atoms with Crippen LogP contribution in [-0.4, -0.2) is 58.6 Å². The Hall–Kier alpha value is -3.68. The van der Waals surface area contributed by atoms with Crippen molar-refractivity contribution in [1.29, 1.82) is 5.26 Å². The van der Waals surface area contributed by atoms with Gasteiger partial charge in [-0.2, -0.15) is 10.4 Å². The van der Waals surface area contributed by atoms with Gasteiger partial charge in [0, 0.05) is 24.7 Å². The van der Waals surface area contributed by atoms with Crippen molar-refractivity contribution < 1.29 is 27.8 Å². The van der Waals surface area contributed by atoms with Crippen LogP contribution in [0.4, 0.5) is 13.6 Å². The van der Waals surface area contributed by atoms with Crippen LogP contribution in [0.5, 0.6) is 5.75 Å². The summed E-state index contributed by atoms with van der Waals surface area (Å²) in [6, 6.07) is 5.09. The van der Waals surface area contributed by atoms with Crippen molar-refractivity contribution in [3.63, 3.8) is 0 Å². The monoisotopic (exact) mass is 473 g/mol. The average Bonchev–Trinajstić information content (AvgIpc) is 3.40. The first-order chi connectivity index (χ1) is 16.2. The minimum absolute atomic E-state index is 0.0937. The summed E-state index contributed by atoms with van der Waals surface area (Å²) in [5.74, 6) is -1.25. The molecule has 1 aliphatic carbocycles. The van der Waals surface area contributed by atoms with E-state index in [1.807, 2.05) is 13.0 Å². The highest BCUT2D eigenvalue weighted by Crippen LogP contribution is 2.39. The van der Waals surface area contributed by atoms with E-state index < -0.39 is 35.6 Å². The SMILES string of the molecule is CNC(=O)c1ccc(OCc2cnn([C@@H]3CCN(C(=O)OC4(C)CC4)C[C@H]3F)c2C#N)c(F)c1. The minimum atomic E-state index is -1.44. The summed E-state index contributed by atoms with van der Waals surface area (Å²) in [7, 11) is 1.44. The molecule has 2 atom stereocenters. The summed E-state index contributed by atoms with van der Waals surface area (Å²) in [6.07, 6.45) is 1.29. The number of likely N-dealkylation sites (tertiary alicyclic amines) is 1. The number of benzene rings is 1. The average molecular weight is 473 g/mol. The molecule has 1 aromatic heterocycles. The second-order valence-electron chi connectivity index (χ2n) is 8.72. The second kappa shape index (κ2) is 9.29. The Balaban J connectivity index is 1.41. The van der Waals surface area contributed by atoms with Crippen LogP contribution >= 0.6 is 0 Å². The highest BCUT2D eigenvalue weighted by atomic mass is 19.1. The summed E-state index contributed by atoms with van der Waals surface area (Å²) in [5, 5.41) is 16.2. The zero-order valence-corrected chi connectivity index (χ0v) is 18.9.